The van der Waals surface area contributed by atoms with Gasteiger partial charge in [0.15, 0.2) is 17.5 Å². The number of aromatic nitrogens is 4. The number of benzene rings is 9. The van der Waals surface area contributed by atoms with Crippen LogP contribution in [0.2, 0.25) is 0 Å². The van der Waals surface area contributed by atoms with Crippen LogP contribution in [0.4, 0.5) is 0 Å². The molecule has 0 amide bonds. The van der Waals surface area contributed by atoms with Crippen LogP contribution in [-0.4, -0.2) is 19.5 Å². The van der Waals surface area contributed by atoms with E-state index < -0.39 is 0 Å². The fourth-order valence-corrected chi connectivity index (χ4v) is 10.6. The van der Waals surface area contributed by atoms with Crippen LogP contribution in [0.5, 0.6) is 0 Å². The Hall–Kier alpha value is -7.47. The van der Waals surface area contributed by atoms with Crippen LogP contribution in [0.1, 0.15) is 0 Å². The first-order valence-corrected chi connectivity index (χ1v) is 20.4. The van der Waals surface area contributed by atoms with E-state index >= 15 is 0 Å². The lowest BCUT2D eigenvalue weighted by atomic mass is 9.93. The third kappa shape index (κ3) is 4.47. The predicted octanol–water partition coefficient (Wildman–Crippen LogP) is 14.3. The van der Waals surface area contributed by atoms with Crippen molar-refractivity contribution in [2.75, 3.05) is 0 Å². The highest BCUT2D eigenvalue weighted by Crippen LogP contribution is 2.51. The molecule has 1 aliphatic carbocycles. The summed E-state index contributed by atoms with van der Waals surface area (Å²) in [4.78, 5) is 16.1. The Kier molecular flexibility index (Phi) is 6.57. The molecule has 0 saturated carbocycles. The fraction of sp³-hybridized carbons (Fsp3) is 0. The van der Waals surface area contributed by atoms with Crippen molar-refractivity contribution < 1.29 is 0 Å². The smallest absolute Gasteiger partial charge is 0.166 e. The summed E-state index contributed by atoms with van der Waals surface area (Å²) in [7, 11) is 0. The van der Waals surface area contributed by atoms with Gasteiger partial charge in [-0.25, -0.2) is 15.0 Å². The number of hydrogen-bond donors (Lipinski definition) is 0. The van der Waals surface area contributed by atoms with Crippen LogP contribution < -0.4 is 0 Å². The Labute approximate surface area is 337 Å². The molecule has 0 spiro atoms. The molecule has 0 N–H and O–H groups in total. The maximum Gasteiger partial charge on any atom is 0.166 e. The Morgan fingerprint density at radius 2 is 1.00 bits per heavy atom. The number of hydrogen-bond acceptors (Lipinski definition) is 4. The van der Waals surface area contributed by atoms with Crippen molar-refractivity contribution in [2.24, 2.45) is 0 Å². The summed E-state index contributed by atoms with van der Waals surface area (Å²) in [6.45, 7) is 0. The molecule has 58 heavy (non-hydrogen) atoms. The van der Waals surface area contributed by atoms with E-state index in [-0.39, 0.29) is 0 Å². The van der Waals surface area contributed by atoms with Crippen molar-refractivity contribution >= 4 is 74.9 Å². The van der Waals surface area contributed by atoms with Gasteiger partial charge in [0.2, 0.25) is 0 Å². The molecule has 0 radical (unpaired) electrons. The van der Waals surface area contributed by atoms with Gasteiger partial charge in [0.05, 0.1) is 22.3 Å². The Morgan fingerprint density at radius 3 is 1.86 bits per heavy atom. The number of fused-ring (bicyclic) bond motifs is 7. The standard InChI is InChI=1S/C53H30N4S/c1-2-13-33(14-3-1)51-54-52(35-25-24-31-12-4-5-15-34(31)30-35)56-53(55-51)50-43(28-29-45-48(50)40-19-8-9-23-44(40)58-45)57-41-22-11-21-39-37-18-7-6-17-36(37)38-20-10-16-32-26-27-42(57)49(46(32)38)47(39)41/h1-30H. The fourth-order valence-electron chi connectivity index (χ4n) is 9.47. The van der Waals surface area contributed by atoms with Crippen molar-refractivity contribution in [3.05, 3.63) is 182 Å². The Bertz CT molecular complexity index is 3690. The van der Waals surface area contributed by atoms with E-state index in [0.29, 0.717) is 17.5 Å². The van der Waals surface area contributed by atoms with Gasteiger partial charge in [0, 0.05) is 42.1 Å². The summed E-state index contributed by atoms with van der Waals surface area (Å²) in [5.74, 6) is 1.93. The van der Waals surface area contributed by atoms with Gasteiger partial charge in [-0.3, -0.25) is 0 Å². The van der Waals surface area contributed by atoms with Gasteiger partial charge in [-0.05, 0) is 80.2 Å². The average molecular weight is 755 g/mol. The van der Waals surface area contributed by atoms with Crippen molar-refractivity contribution in [3.8, 4) is 62.1 Å². The molecule has 5 heteroatoms. The van der Waals surface area contributed by atoms with Gasteiger partial charge in [-0.15, -0.1) is 11.3 Å². The van der Waals surface area contributed by atoms with Crippen LogP contribution in [0.25, 0.3) is 126 Å². The lowest BCUT2D eigenvalue weighted by Gasteiger charge is -2.17. The second kappa shape index (κ2) is 12.0. The van der Waals surface area contributed by atoms with E-state index in [1.165, 1.54) is 64.0 Å². The molecule has 0 fully saturated rings. The van der Waals surface area contributed by atoms with Gasteiger partial charge in [0.1, 0.15) is 0 Å². The number of thiophene rings is 1. The summed E-state index contributed by atoms with van der Waals surface area (Å²) >= 11 is 1.81. The summed E-state index contributed by atoms with van der Waals surface area (Å²) in [6, 6.07) is 65.5. The normalized spacial score (nSPS) is 12.1. The third-order valence-corrected chi connectivity index (χ3v) is 13.1. The summed E-state index contributed by atoms with van der Waals surface area (Å²) in [5.41, 5.74) is 11.3. The monoisotopic (exact) mass is 754 g/mol. The van der Waals surface area contributed by atoms with Crippen LogP contribution in [0, 0.1) is 0 Å². The third-order valence-electron chi connectivity index (χ3n) is 12.0. The van der Waals surface area contributed by atoms with Crippen molar-refractivity contribution in [1.82, 2.24) is 19.5 Å². The van der Waals surface area contributed by atoms with Gasteiger partial charge < -0.3 is 4.57 Å². The SMILES string of the molecule is c1ccc(-c2nc(-c3ccc4ccccc4c3)nc(-c3c(-n4c5cccc6c5c5c7c(cccc7ccc54)-c4ccccc4-6)ccc4sc5ccccc5c34)n2)cc1. The molecule has 0 saturated heterocycles. The maximum absolute atomic E-state index is 5.47. The molecular formula is C53H30N4S. The van der Waals surface area contributed by atoms with Crippen molar-refractivity contribution in [1.29, 1.82) is 0 Å². The highest BCUT2D eigenvalue weighted by Gasteiger charge is 2.28. The quantitative estimate of drug-likeness (QED) is 0.180. The molecule has 13 rings (SSSR count). The summed E-state index contributed by atoms with van der Waals surface area (Å²) < 4.78 is 4.90. The van der Waals surface area contributed by atoms with E-state index in [0.717, 1.165) is 44.2 Å². The highest BCUT2D eigenvalue weighted by atomic mass is 32.1. The zero-order valence-corrected chi connectivity index (χ0v) is 31.8. The lowest BCUT2D eigenvalue weighted by Crippen LogP contribution is -2.04. The molecule has 3 aromatic heterocycles. The largest absolute Gasteiger partial charge is 0.308 e. The number of nitrogens with zero attached hydrogens (tertiary/aromatic N) is 4. The number of rotatable bonds is 4. The van der Waals surface area contributed by atoms with Gasteiger partial charge in [-0.2, -0.15) is 0 Å². The minimum atomic E-state index is 0.641. The Balaban J connectivity index is 1.19. The minimum absolute atomic E-state index is 0.641. The molecule has 3 heterocycles. The summed E-state index contributed by atoms with van der Waals surface area (Å²) in [5, 5.41) is 9.72. The molecule has 0 aliphatic heterocycles. The molecule has 268 valence electrons. The Morgan fingerprint density at radius 1 is 0.362 bits per heavy atom. The maximum atomic E-state index is 5.47. The zero-order chi connectivity index (χ0) is 37.9. The van der Waals surface area contributed by atoms with Crippen LogP contribution in [0.15, 0.2) is 182 Å². The molecule has 0 atom stereocenters. The van der Waals surface area contributed by atoms with E-state index in [2.05, 4.69) is 168 Å². The molecule has 0 unspecified atom stereocenters. The molecule has 4 nitrogen and oxygen atoms in total. The lowest BCUT2D eigenvalue weighted by molar-refractivity contribution is 1.07. The summed E-state index contributed by atoms with van der Waals surface area (Å²) in [6.07, 6.45) is 0. The first kappa shape index (κ1) is 31.7. The molecule has 0 bridgehead atoms. The van der Waals surface area contributed by atoms with Crippen molar-refractivity contribution in [2.45, 2.75) is 0 Å². The van der Waals surface area contributed by atoms with Gasteiger partial charge >= 0.3 is 0 Å². The molecule has 9 aromatic carbocycles. The van der Waals surface area contributed by atoms with Crippen molar-refractivity contribution in [3.63, 3.8) is 0 Å². The van der Waals surface area contributed by atoms with E-state index in [1.54, 1.807) is 0 Å². The second-order valence-electron chi connectivity index (χ2n) is 15.1. The van der Waals surface area contributed by atoms with E-state index in [9.17, 15) is 0 Å². The van der Waals surface area contributed by atoms with Crippen LogP contribution in [0.3, 0.4) is 0 Å². The first-order chi connectivity index (χ1) is 28.8. The topological polar surface area (TPSA) is 43.6 Å². The minimum Gasteiger partial charge on any atom is -0.308 e. The van der Waals surface area contributed by atoms with Crippen LogP contribution in [-0.2, 0) is 0 Å². The average Bonchev–Trinajstić information content (AvgIpc) is 3.80. The molecular weight excluding hydrogens is 725 g/mol. The van der Waals surface area contributed by atoms with E-state index in [1.807, 2.05) is 29.5 Å². The first-order valence-electron chi connectivity index (χ1n) is 19.6. The zero-order valence-electron chi connectivity index (χ0n) is 31.0. The molecule has 12 aromatic rings. The van der Waals surface area contributed by atoms with E-state index in [4.69, 9.17) is 15.0 Å². The second-order valence-corrected chi connectivity index (χ2v) is 16.2. The predicted molar refractivity (Wildman–Crippen MR) is 243 cm³/mol. The van der Waals surface area contributed by atoms with Gasteiger partial charge in [0.25, 0.3) is 0 Å². The van der Waals surface area contributed by atoms with Crippen LogP contribution >= 0.6 is 11.3 Å². The highest BCUT2D eigenvalue weighted by molar-refractivity contribution is 7.26. The molecule has 1 aliphatic rings. The van der Waals surface area contributed by atoms with Gasteiger partial charge in [-0.1, -0.05) is 146 Å².